The molecule has 0 rings (SSSR count). The first kappa shape index (κ1) is 26.6. The van der Waals surface area contributed by atoms with E-state index >= 15 is 0 Å². The number of hydrogen-bond donors (Lipinski definition) is 0. The average molecular weight is 509 g/mol. The fourth-order valence-corrected chi connectivity index (χ4v) is 8.59. The van der Waals surface area contributed by atoms with Crippen LogP contribution in [0.3, 0.4) is 0 Å². The predicted molar refractivity (Wildman–Crippen MR) is 116 cm³/mol. The van der Waals surface area contributed by atoms with Gasteiger partial charge in [0.25, 0.3) is 0 Å². The SMILES string of the molecule is C/C=C/C=C/C(=O)[O][Sn]([CH2]CCC)([O]C(=O)/C=C/C=C/C)[O]C(=O)/C=C/C=C/C. The summed E-state index contributed by atoms with van der Waals surface area (Å²) < 4.78 is 16.7. The Morgan fingerprint density at radius 2 is 1.00 bits per heavy atom. The van der Waals surface area contributed by atoms with Crippen LogP contribution in [0.2, 0.25) is 4.44 Å². The van der Waals surface area contributed by atoms with E-state index in [2.05, 4.69) is 0 Å². The maximum atomic E-state index is 12.2. The van der Waals surface area contributed by atoms with Crippen molar-refractivity contribution in [3.05, 3.63) is 72.9 Å². The zero-order chi connectivity index (χ0) is 22.0. The van der Waals surface area contributed by atoms with Crippen molar-refractivity contribution in [1.82, 2.24) is 0 Å². The third-order valence-electron chi connectivity index (χ3n) is 3.21. The van der Waals surface area contributed by atoms with Gasteiger partial charge in [-0.15, -0.1) is 0 Å². The van der Waals surface area contributed by atoms with Crippen molar-refractivity contribution >= 4 is 37.5 Å². The molecule has 158 valence electrons. The molecule has 0 aliphatic rings. The van der Waals surface area contributed by atoms with Crippen LogP contribution < -0.4 is 0 Å². The normalized spacial score (nSPS) is 12.8. The molecule has 0 saturated carbocycles. The predicted octanol–water partition coefficient (Wildman–Crippen LogP) is 4.75. The zero-order valence-electron chi connectivity index (χ0n) is 17.5. The molecule has 0 amide bonds. The second kappa shape index (κ2) is 16.6. The van der Waals surface area contributed by atoms with Gasteiger partial charge in [0.1, 0.15) is 0 Å². The molecule has 6 nitrogen and oxygen atoms in total. The van der Waals surface area contributed by atoms with Crippen molar-refractivity contribution in [2.75, 3.05) is 0 Å². The minimum atomic E-state index is -4.88. The summed E-state index contributed by atoms with van der Waals surface area (Å²) in [5.74, 6) is -2.15. The molecular formula is C22H30O6Sn. The van der Waals surface area contributed by atoms with Crippen LogP contribution in [0.4, 0.5) is 0 Å². The molecular weight excluding hydrogens is 479 g/mol. The third kappa shape index (κ3) is 13.5. The molecule has 0 saturated heterocycles. The van der Waals surface area contributed by atoms with Crippen LogP contribution in [-0.2, 0) is 23.6 Å². The van der Waals surface area contributed by atoms with Gasteiger partial charge in [0.05, 0.1) is 0 Å². The second-order valence-corrected chi connectivity index (χ2v) is 12.8. The molecule has 29 heavy (non-hydrogen) atoms. The summed E-state index contributed by atoms with van der Waals surface area (Å²) in [5, 5.41) is 0. The molecule has 0 heterocycles. The van der Waals surface area contributed by atoms with Crippen molar-refractivity contribution in [1.29, 1.82) is 0 Å². The van der Waals surface area contributed by atoms with Crippen LogP contribution in [0.15, 0.2) is 72.9 Å². The molecule has 0 radical (unpaired) electrons. The number of carbonyl (C=O) groups is 3. The van der Waals surface area contributed by atoms with E-state index in [0.717, 1.165) is 6.42 Å². The van der Waals surface area contributed by atoms with Gasteiger partial charge in [0.15, 0.2) is 0 Å². The summed E-state index contributed by atoms with van der Waals surface area (Å²) in [6, 6.07) is 0. The molecule has 0 atom stereocenters. The molecule has 7 heteroatoms. The zero-order valence-corrected chi connectivity index (χ0v) is 20.4. The number of rotatable bonds is 12. The van der Waals surface area contributed by atoms with Gasteiger partial charge in [-0.05, 0) is 0 Å². The van der Waals surface area contributed by atoms with Crippen molar-refractivity contribution < 1.29 is 23.6 Å². The van der Waals surface area contributed by atoms with Gasteiger partial charge in [-0.25, -0.2) is 0 Å². The van der Waals surface area contributed by atoms with Gasteiger partial charge in [0.2, 0.25) is 0 Å². The molecule has 0 aromatic rings. The molecule has 0 unspecified atom stereocenters. The monoisotopic (exact) mass is 510 g/mol. The molecule has 0 aromatic heterocycles. The summed E-state index contributed by atoms with van der Waals surface area (Å²) in [6.45, 7) is 7.35. The van der Waals surface area contributed by atoms with Crippen LogP contribution in [0.25, 0.3) is 0 Å². The number of carbonyl (C=O) groups excluding carboxylic acids is 3. The Labute approximate surface area is 178 Å². The van der Waals surface area contributed by atoms with E-state index in [1.165, 1.54) is 36.5 Å². The van der Waals surface area contributed by atoms with Crippen molar-refractivity contribution in [3.8, 4) is 0 Å². The van der Waals surface area contributed by atoms with Crippen LogP contribution in [0.5, 0.6) is 0 Å². The summed E-state index contributed by atoms with van der Waals surface area (Å²) in [6.07, 6.45) is 19.6. The van der Waals surface area contributed by atoms with Crippen LogP contribution in [-0.4, -0.2) is 37.5 Å². The van der Waals surface area contributed by atoms with E-state index in [0.29, 0.717) is 6.42 Å². The van der Waals surface area contributed by atoms with Gasteiger partial charge in [-0.2, -0.15) is 0 Å². The first-order chi connectivity index (χ1) is 13.9. The van der Waals surface area contributed by atoms with E-state index in [1.807, 2.05) is 6.92 Å². The van der Waals surface area contributed by atoms with Crippen molar-refractivity contribution in [3.63, 3.8) is 0 Å². The first-order valence-corrected chi connectivity index (χ1v) is 15.0. The fourth-order valence-electron chi connectivity index (χ4n) is 1.91. The Balaban J connectivity index is 5.75. The third-order valence-corrected chi connectivity index (χ3v) is 10.4. The van der Waals surface area contributed by atoms with E-state index in [-0.39, 0.29) is 4.44 Å². The number of hydrogen-bond acceptors (Lipinski definition) is 6. The van der Waals surface area contributed by atoms with Gasteiger partial charge in [-0.1, -0.05) is 0 Å². The van der Waals surface area contributed by atoms with Crippen LogP contribution in [0, 0.1) is 0 Å². The van der Waals surface area contributed by atoms with E-state index in [1.54, 1.807) is 57.2 Å². The molecule has 0 aliphatic heterocycles. The molecule has 0 aromatic carbocycles. The van der Waals surface area contributed by atoms with E-state index in [4.69, 9.17) is 9.22 Å². The van der Waals surface area contributed by atoms with Gasteiger partial charge in [-0.3, -0.25) is 0 Å². The topological polar surface area (TPSA) is 78.9 Å². The summed E-state index contributed by atoms with van der Waals surface area (Å²) in [4.78, 5) is 36.7. The summed E-state index contributed by atoms with van der Waals surface area (Å²) in [5.41, 5.74) is 0. The first-order valence-electron chi connectivity index (χ1n) is 9.50. The maximum absolute atomic E-state index is 12.2. The number of unbranched alkanes of at least 4 members (excludes halogenated alkanes) is 1. The Morgan fingerprint density at radius 3 is 1.28 bits per heavy atom. The molecule has 0 spiro atoms. The summed E-state index contributed by atoms with van der Waals surface area (Å²) in [7, 11) is 0. The Kier molecular flexibility index (Phi) is 15.2. The minimum absolute atomic E-state index is 0.209. The Morgan fingerprint density at radius 1 is 0.655 bits per heavy atom. The second-order valence-electron chi connectivity index (χ2n) is 5.70. The molecule has 0 bridgehead atoms. The van der Waals surface area contributed by atoms with Crippen LogP contribution >= 0.6 is 0 Å². The van der Waals surface area contributed by atoms with Gasteiger partial charge < -0.3 is 0 Å². The standard InChI is InChI=1S/3C6H8O2.C4H9.Sn/c3*1-2-3-4-5-6(7)8;1-3-4-2;/h3*2-5H,1H3,(H,7,8);1,3-4H2,2H3;/q;;;;+3/p-3/b3*3-2+,5-4+;;. The van der Waals surface area contributed by atoms with E-state index in [9.17, 15) is 14.4 Å². The van der Waals surface area contributed by atoms with Gasteiger partial charge >= 0.3 is 179 Å². The quantitative estimate of drug-likeness (QED) is 0.215. The summed E-state index contributed by atoms with van der Waals surface area (Å²) >= 11 is -4.88. The van der Waals surface area contributed by atoms with Gasteiger partial charge in [0, 0.05) is 0 Å². The van der Waals surface area contributed by atoms with Crippen molar-refractivity contribution in [2.45, 2.75) is 45.0 Å². The fraction of sp³-hybridized carbons (Fsp3) is 0.318. The molecule has 0 N–H and O–H groups in total. The van der Waals surface area contributed by atoms with E-state index < -0.39 is 37.5 Å². The molecule has 0 fully saturated rings. The Bertz CT molecular complexity index is 610. The van der Waals surface area contributed by atoms with Crippen LogP contribution in [0.1, 0.15) is 40.5 Å². The molecule has 0 aliphatic carbocycles. The number of allylic oxidation sites excluding steroid dienone is 9. The Hall–Kier alpha value is -2.35. The average Bonchev–Trinajstić information content (AvgIpc) is 2.67. The van der Waals surface area contributed by atoms with Crippen molar-refractivity contribution in [2.24, 2.45) is 0 Å².